The van der Waals surface area contributed by atoms with Gasteiger partial charge in [-0.1, -0.05) is 80.6 Å². The van der Waals surface area contributed by atoms with Crippen LogP contribution < -0.4 is 10.8 Å². The van der Waals surface area contributed by atoms with Crippen molar-refractivity contribution in [1.82, 2.24) is 15.4 Å². The summed E-state index contributed by atoms with van der Waals surface area (Å²) >= 11 is 0. The maximum Gasteiger partial charge on any atom is 0.253 e. The van der Waals surface area contributed by atoms with Crippen molar-refractivity contribution in [2.45, 2.75) is 39.2 Å². The van der Waals surface area contributed by atoms with Crippen molar-refractivity contribution in [3.63, 3.8) is 0 Å². The largest absolute Gasteiger partial charge is 0.344 e. The van der Waals surface area contributed by atoms with E-state index in [0.29, 0.717) is 12.8 Å². The summed E-state index contributed by atoms with van der Waals surface area (Å²) in [4.78, 5) is 38.8. The Morgan fingerprint density at radius 1 is 0.861 bits per heavy atom. The topological polar surface area (TPSA) is 100 Å². The maximum atomic E-state index is 13.7. The first-order valence-corrected chi connectivity index (χ1v) is 12.2. The normalized spacial score (nSPS) is 13.0. The second-order valence-corrected chi connectivity index (χ2v) is 9.65. The molecule has 7 heteroatoms. The Labute approximate surface area is 210 Å². The van der Waals surface area contributed by atoms with Gasteiger partial charge >= 0.3 is 0 Å². The molecule has 0 aliphatic rings. The lowest BCUT2D eigenvalue weighted by Crippen LogP contribution is -2.47. The van der Waals surface area contributed by atoms with Crippen LogP contribution in [0.15, 0.2) is 79.1 Å². The van der Waals surface area contributed by atoms with Crippen LogP contribution in [0.4, 0.5) is 0 Å². The molecule has 7 nitrogen and oxygen atoms in total. The summed E-state index contributed by atoms with van der Waals surface area (Å²) in [5, 5.41) is 15.9. The molecule has 1 aromatic heterocycles. The number of fused-ring (bicyclic) bond motifs is 2. The summed E-state index contributed by atoms with van der Waals surface area (Å²) in [5.74, 6) is -1.81. The summed E-state index contributed by atoms with van der Waals surface area (Å²) in [6.07, 6.45) is 4.11. The molecule has 2 amide bonds. The van der Waals surface area contributed by atoms with Gasteiger partial charge in [-0.15, -0.1) is 0 Å². The lowest BCUT2D eigenvalue weighted by atomic mass is 9.92. The molecule has 0 radical (unpaired) electrons. The predicted molar refractivity (Wildman–Crippen MR) is 140 cm³/mol. The molecule has 4 rings (SSSR count). The van der Waals surface area contributed by atoms with Crippen molar-refractivity contribution in [2.75, 3.05) is 0 Å². The van der Waals surface area contributed by atoms with Gasteiger partial charge in [0, 0.05) is 31.2 Å². The molecule has 0 bridgehead atoms. The number of amides is 2. The molecule has 2 atom stereocenters. The van der Waals surface area contributed by atoms with Crippen molar-refractivity contribution in [1.29, 1.82) is 0 Å². The minimum Gasteiger partial charge on any atom is -0.344 e. The number of nitrogens with one attached hydrogen (secondary N) is 2. The van der Waals surface area contributed by atoms with Crippen molar-refractivity contribution in [2.24, 2.45) is 11.8 Å². The zero-order valence-electron chi connectivity index (χ0n) is 20.5. The third-order valence-electron chi connectivity index (χ3n) is 6.36. The minimum atomic E-state index is -0.840. The van der Waals surface area contributed by atoms with E-state index in [4.69, 9.17) is 5.21 Å². The molecule has 186 valence electrons. The van der Waals surface area contributed by atoms with Gasteiger partial charge in [0.2, 0.25) is 11.8 Å². The van der Waals surface area contributed by atoms with Gasteiger partial charge in [-0.2, -0.15) is 0 Å². The van der Waals surface area contributed by atoms with Gasteiger partial charge in [0.1, 0.15) is 6.04 Å². The summed E-state index contributed by atoms with van der Waals surface area (Å²) in [6.45, 7) is 3.92. The van der Waals surface area contributed by atoms with Gasteiger partial charge in [-0.05, 0) is 39.4 Å². The van der Waals surface area contributed by atoms with Crippen LogP contribution in [-0.4, -0.2) is 33.5 Å². The standard InChI is InChI=1S/C29H31N3O4/c1-19(2)13-25(16-27(33)31-36)28(34)30-26(15-20-11-12-21-7-3-4-8-22(21)14-20)29(35)32-17-23-9-5-6-10-24(23)18-32/h3-12,14,17-19,25-26,36H,13,15-16H2,1-2H3,(H,30,34)(H,31,33)/t25?,26-/m0/s1. The Bertz CT molecular complexity index is 1360. The van der Waals surface area contributed by atoms with E-state index in [1.807, 2.05) is 80.6 Å². The first-order chi connectivity index (χ1) is 17.3. The van der Waals surface area contributed by atoms with Crippen LogP contribution in [-0.2, 0) is 16.0 Å². The molecule has 3 aromatic carbocycles. The number of rotatable bonds is 9. The van der Waals surface area contributed by atoms with Crippen LogP contribution in [0.1, 0.15) is 37.0 Å². The Morgan fingerprint density at radius 3 is 2.08 bits per heavy atom. The van der Waals surface area contributed by atoms with E-state index in [9.17, 15) is 14.4 Å². The van der Waals surface area contributed by atoms with Crippen LogP contribution >= 0.6 is 0 Å². The van der Waals surface area contributed by atoms with Crippen LogP contribution in [0.25, 0.3) is 21.5 Å². The molecule has 3 N–H and O–H groups in total. The third kappa shape index (κ3) is 5.98. The van der Waals surface area contributed by atoms with Crippen molar-refractivity contribution < 1.29 is 19.6 Å². The average Bonchev–Trinajstić information content (AvgIpc) is 3.31. The Kier molecular flexibility index (Phi) is 7.80. The third-order valence-corrected chi connectivity index (χ3v) is 6.36. The van der Waals surface area contributed by atoms with E-state index in [2.05, 4.69) is 5.32 Å². The van der Waals surface area contributed by atoms with Crippen LogP contribution in [0.3, 0.4) is 0 Å². The number of nitrogens with zero attached hydrogens (tertiary/aromatic N) is 1. The van der Waals surface area contributed by atoms with E-state index in [1.165, 1.54) is 4.57 Å². The summed E-state index contributed by atoms with van der Waals surface area (Å²) < 4.78 is 1.52. The van der Waals surface area contributed by atoms with Crippen LogP contribution in [0, 0.1) is 11.8 Å². The first kappa shape index (κ1) is 25.1. The number of hydrogen-bond acceptors (Lipinski definition) is 4. The fourth-order valence-corrected chi connectivity index (χ4v) is 4.60. The number of hydrogen-bond donors (Lipinski definition) is 3. The smallest absolute Gasteiger partial charge is 0.253 e. The van der Waals surface area contributed by atoms with E-state index in [-0.39, 0.29) is 24.2 Å². The van der Waals surface area contributed by atoms with E-state index in [1.54, 1.807) is 17.9 Å². The molecule has 0 spiro atoms. The molecule has 0 saturated carbocycles. The molecular formula is C29H31N3O4. The second kappa shape index (κ2) is 11.2. The zero-order chi connectivity index (χ0) is 25.7. The highest BCUT2D eigenvalue weighted by atomic mass is 16.5. The fraction of sp³-hybridized carbons (Fsp3) is 0.276. The predicted octanol–water partition coefficient (Wildman–Crippen LogP) is 4.72. The van der Waals surface area contributed by atoms with Gasteiger partial charge in [0.05, 0.1) is 0 Å². The Morgan fingerprint density at radius 2 is 1.47 bits per heavy atom. The lowest BCUT2D eigenvalue weighted by Gasteiger charge is -2.23. The number of aromatic nitrogens is 1. The van der Waals surface area contributed by atoms with Crippen LogP contribution in [0.2, 0.25) is 0 Å². The Balaban J connectivity index is 1.64. The van der Waals surface area contributed by atoms with Crippen molar-refractivity contribution in [3.05, 3.63) is 84.7 Å². The van der Waals surface area contributed by atoms with Crippen molar-refractivity contribution >= 4 is 39.3 Å². The maximum absolute atomic E-state index is 13.7. The molecule has 4 aromatic rings. The molecule has 36 heavy (non-hydrogen) atoms. The van der Waals surface area contributed by atoms with Gasteiger partial charge < -0.3 is 5.32 Å². The number of carbonyl (C=O) groups is 3. The lowest BCUT2D eigenvalue weighted by molar-refractivity contribution is -0.135. The second-order valence-electron chi connectivity index (χ2n) is 9.65. The molecule has 1 heterocycles. The monoisotopic (exact) mass is 485 g/mol. The fourth-order valence-electron chi connectivity index (χ4n) is 4.60. The molecule has 0 aliphatic heterocycles. The number of carbonyl (C=O) groups excluding carboxylic acids is 3. The zero-order valence-corrected chi connectivity index (χ0v) is 20.5. The highest BCUT2D eigenvalue weighted by Crippen LogP contribution is 2.21. The number of benzene rings is 3. The number of hydroxylamine groups is 1. The molecule has 0 saturated heterocycles. The minimum absolute atomic E-state index is 0.150. The van der Waals surface area contributed by atoms with Gasteiger partial charge in [0.25, 0.3) is 5.91 Å². The van der Waals surface area contributed by atoms with Crippen molar-refractivity contribution in [3.8, 4) is 0 Å². The van der Waals surface area contributed by atoms with E-state index >= 15 is 0 Å². The van der Waals surface area contributed by atoms with E-state index < -0.39 is 17.9 Å². The molecular weight excluding hydrogens is 454 g/mol. The molecule has 0 fully saturated rings. The van der Waals surface area contributed by atoms with Crippen LogP contribution in [0.5, 0.6) is 0 Å². The summed E-state index contributed by atoms with van der Waals surface area (Å²) in [7, 11) is 0. The average molecular weight is 486 g/mol. The summed E-state index contributed by atoms with van der Waals surface area (Å²) in [6, 6.07) is 20.8. The quantitative estimate of drug-likeness (QED) is 0.236. The highest BCUT2D eigenvalue weighted by molar-refractivity contribution is 5.95. The van der Waals surface area contributed by atoms with Gasteiger partial charge in [-0.25, -0.2) is 5.48 Å². The van der Waals surface area contributed by atoms with Gasteiger partial charge in [0.15, 0.2) is 0 Å². The molecule has 0 aliphatic carbocycles. The Hall–Kier alpha value is -3.97. The van der Waals surface area contributed by atoms with Gasteiger partial charge in [-0.3, -0.25) is 24.2 Å². The van der Waals surface area contributed by atoms with E-state index in [0.717, 1.165) is 27.1 Å². The SMILES string of the molecule is CC(C)CC(CC(=O)NO)C(=O)N[C@@H](Cc1ccc2ccccc2c1)C(=O)n1cc2ccccc2c1. The molecule has 1 unspecified atom stereocenters. The highest BCUT2D eigenvalue weighted by Gasteiger charge is 2.29. The summed E-state index contributed by atoms with van der Waals surface area (Å²) in [5.41, 5.74) is 2.52. The first-order valence-electron chi connectivity index (χ1n) is 12.2.